The largest absolute Gasteiger partial charge is 0.504 e. The van der Waals surface area contributed by atoms with E-state index >= 15 is 4.79 Å². The molecule has 67 heavy (non-hydrogen) atoms. The summed E-state index contributed by atoms with van der Waals surface area (Å²) in [6, 6.07) is 0.620. The van der Waals surface area contributed by atoms with Gasteiger partial charge < -0.3 is 102 Å². The molecule has 5 aromatic rings. The number of carbonyl (C=O) groups excluding carboxylic acids is 6. The van der Waals surface area contributed by atoms with Crippen molar-refractivity contribution in [1.82, 2.24) is 0 Å². The minimum atomic E-state index is -5.72. The number of aliphatic hydroxyl groups excluding tert-OH is 2. The van der Waals surface area contributed by atoms with Gasteiger partial charge in [-0.05, 0) is 60.7 Å². The fourth-order valence-corrected chi connectivity index (χ4v) is 6.72. The highest BCUT2D eigenvalue weighted by molar-refractivity contribution is 6.52. The molecular weight excluding hydrogens is 908 g/mol. The molecule has 0 aliphatic heterocycles. The number of Topliss-reactive ketones (excluding diaryl/α,β-unsaturated/α-hetero) is 6. The third kappa shape index (κ3) is 7.54. The Morgan fingerprint density at radius 1 is 0.358 bits per heavy atom. The van der Waals surface area contributed by atoms with Gasteiger partial charge in [0, 0.05) is 27.8 Å². The summed E-state index contributed by atoms with van der Waals surface area (Å²) in [5, 5.41) is 215. The van der Waals surface area contributed by atoms with Gasteiger partial charge in [-0.25, -0.2) is 0 Å². The molecule has 0 bridgehead atoms. The van der Waals surface area contributed by atoms with Gasteiger partial charge in [-0.15, -0.1) is 0 Å². The summed E-state index contributed by atoms with van der Waals surface area (Å²) < 4.78 is 0. The van der Waals surface area contributed by atoms with Crippen molar-refractivity contribution in [1.29, 1.82) is 0 Å². The molecule has 0 amide bonds. The monoisotopic (exact) mass is 940 g/mol. The van der Waals surface area contributed by atoms with Gasteiger partial charge in [0.15, 0.2) is 97.6 Å². The highest BCUT2D eigenvalue weighted by atomic mass is 16.4. The zero-order chi connectivity index (χ0) is 50.7. The minimum absolute atomic E-state index is 0.00305. The van der Waals surface area contributed by atoms with Crippen molar-refractivity contribution in [2.75, 3.05) is 0 Å². The first-order valence-corrected chi connectivity index (χ1v) is 18.0. The molecule has 0 fully saturated rings. The Kier molecular flexibility index (Phi) is 12.3. The molecule has 0 aliphatic rings. The van der Waals surface area contributed by atoms with Gasteiger partial charge in [0.05, 0.1) is 0 Å². The molecule has 5 rings (SSSR count). The number of hydrogen-bond donors (Lipinski definition) is 20. The molecule has 0 radical (unpaired) electrons. The van der Waals surface area contributed by atoms with Crippen LogP contribution in [-0.2, 0) is 4.79 Å². The molecule has 0 aromatic heterocycles. The van der Waals surface area contributed by atoms with E-state index < -0.39 is 178 Å². The summed E-state index contributed by atoms with van der Waals surface area (Å²) in [5.74, 6) is -38.7. The van der Waals surface area contributed by atoms with E-state index in [2.05, 4.69) is 0 Å². The molecule has 20 N–H and O–H groups in total. The van der Waals surface area contributed by atoms with E-state index in [1.807, 2.05) is 0 Å². The number of phenolic OH excluding ortho intramolecular Hbond substituents is 15. The molecule has 26 nitrogen and oxygen atoms in total. The van der Waals surface area contributed by atoms with Crippen molar-refractivity contribution in [3.63, 3.8) is 0 Å². The number of phenols is 15. The fraction of sp³-hybridized carbons (Fsp3) is 0.122. The third-order valence-corrected chi connectivity index (χ3v) is 10.3. The van der Waals surface area contributed by atoms with E-state index in [1.165, 1.54) is 0 Å². The zero-order valence-corrected chi connectivity index (χ0v) is 32.8. The molecule has 352 valence electrons. The normalized spacial score (nSPS) is 14.9. The van der Waals surface area contributed by atoms with Crippen LogP contribution in [0, 0.1) is 0 Å². The number of ketones is 6. The van der Waals surface area contributed by atoms with E-state index in [0.29, 0.717) is 0 Å². The van der Waals surface area contributed by atoms with Gasteiger partial charge in [0.25, 0.3) is 0 Å². The van der Waals surface area contributed by atoms with Crippen LogP contribution < -0.4 is 0 Å². The van der Waals surface area contributed by atoms with Crippen LogP contribution in [0.1, 0.15) is 51.8 Å². The molecule has 5 atom stereocenters. The lowest BCUT2D eigenvalue weighted by Crippen LogP contribution is -2.83. The topological polar surface area (TPSA) is 507 Å². The highest BCUT2D eigenvalue weighted by Crippen LogP contribution is 2.49. The summed E-state index contributed by atoms with van der Waals surface area (Å²) in [6.07, 6.45) is -7.92. The van der Waals surface area contributed by atoms with Gasteiger partial charge in [-0.3, -0.25) is 28.8 Å². The maximum Gasteiger partial charge on any atom is 0.246 e. The molecule has 0 saturated carbocycles. The van der Waals surface area contributed by atoms with Gasteiger partial charge >= 0.3 is 0 Å². The molecule has 5 aromatic carbocycles. The minimum Gasteiger partial charge on any atom is -0.504 e. The first-order valence-electron chi connectivity index (χ1n) is 18.0. The fourth-order valence-electron chi connectivity index (χ4n) is 6.72. The smallest absolute Gasteiger partial charge is 0.246 e. The second kappa shape index (κ2) is 16.8. The Balaban J connectivity index is 2.05. The summed E-state index contributed by atoms with van der Waals surface area (Å²) >= 11 is 0. The summed E-state index contributed by atoms with van der Waals surface area (Å²) in [6.45, 7) is 0. The molecule has 0 spiro atoms. The number of carbonyl (C=O) groups is 6. The zero-order valence-electron chi connectivity index (χ0n) is 32.8. The Morgan fingerprint density at radius 2 is 0.612 bits per heavy atom. The maximum absolute atomic E-state index is 15.1. The number of rotatable bonds is 15. The first kappa shape index (κ1) is 48.9. The SMILES string of the molecule is O=C(C(=O)[C@@](O)(C(=O)c1cc(O)c(O)c(O)c1)[C@](O)(C(=O)c1cc(O)c(O)c(O)c1)[C@@](O)(C(=O)c1cc(O)c(O)c(O)c1)[C@H](O)C(O)C(=O)c1cc(O)c(O)c(O)c1)c1cc(O)c(O)c(O)c1. The number of aromatic hydroxyl groups is 15. The lowest BCUT2D eigenvalue weighted by Gasteiger charge is -2.50. The van der Waals surface area contributed by atoms with E-state index in [4.69, 9.17) is 0 Å². The van der Waals surface area contributed by atoms with Crippen LogP contribution in [0.3, 0.4) is 0 Å². The first-order chi connectivity index (χ1) is 30.9. The Bertz CT molecular complexity index is 2860. The summed E-state index contributed by atoms with van der Waals surface area (Å²) in [7, 11) is 0. The van der Waals surface area contributed by atoms with Crippen LogP contribution in [0.25, 0.3) is 0 Å². The van der Waals surface area contributed by atoms with Crippen LogP contribution in [0.2, 0.25) is 0 Å². The lowest BCUT2D eigenvalue weighted by atomic mass is 9.57. The van der Waals surface area contributed by atoms with E-state index in [1.54, 1.807) is 0 Å². The maximum atomic E-state index is 15.1. The van der Waals surface area contributed by atoms with Crippen molar-refractivity contribution in [2.24, 2.45) is 0 Å². The standard InChI is InChI=1S/C41H32O26/c42-16-1-11(2-17(43)28(16)54)26(52)33(59)38(64)40(66,35(61)14-7-22(48)31(57)23(49)8-14)41(67,36(62)15-9-24(50)32(58)25(51)10-15)39(65,34(60)13-5-20(46)30(56)21(47)6-13)37(63)27(53)12-3-18(44)29(55)19(45)4-12/h1-10,33,38,42-51,54-59,64-67H/t33?,38-,39+,40-,41-/m1/s1. The quantitative estimate of drug-likeness (QED) is 0.0245. The van der Waals surface area contributed by atoms with Gasteiger partial charge in [0.1, 0.15) is 12.2 Å². The van der Waals surface area contributed by atoms with E-state index in [9.17, 15) is 126 Å². The Hall–Kier alpha value is -9.08. The number of benzene rings is 5. The third-order valence-electron chi connectivity index (χ3n) is 10.3. The predicted octanol–water partition coefficient (Wildman–Crippen LogP) is -1.53. The van der Waals surface area contributed by atoms with Crippen molar-refractivity contribution in [2.45, 2.75) is 29.0 Å². The second-order valence-electron chi connectivity index (χ2n) is 14.4. The lowest BCUT2D eigenvalue weighted by molar-refractivity contribution is -0.217. The van der Waals surface area contributed by atoms with Crippen LogP contribution >= 0.6 is 0 Å². The molecule has 26 heteroatoms. The van der Waals surface area contributed by atoms with Gasteiger partial charge in [-0.2, -0.15) is 0 Å². The molecule has 0 heterocycles. The van der Waals surface area contributed by atoms with Crippen LogP contribution in [0.4, 0.5) is 0 Å². The van der Waals surface area contributed by atoms with Gasteiger partial charge in [0.2, 0.25) is 40.1 Å². The predicted molar refractivity (Wildman–Crippen MR) is 211 cm³/mol. The summed E-state index contributed by atoms with van der Waals surface area (Å²) in [4.78, 5) is 87.7. The highest BCUT2D eigenvalue weighted by Gasteiger charge is 2.78. The Labute approximate surface area is 369 Å². The van der Waals surface area contributed by atoms with Gasteiger partial charge in [-0.1, -0.05) is 0 Å². The van der Waals surface area contributed by atoms with E-state index in [0.717, 1.165) is 0 Å². The van der Waals surface area contributed by atoms with Crippen molar-refractivity contribution >= 4 is 34.7 Å². The molecular formula is C41H32O26. The molecule has 0 saturated heterocycles. The average molecular weight is 941 g/mol. The van der Waals surface area contributed by atoms with E-state index in [-0.39, 0.29) is 60.7 Å². The van der Waals surface area contributed by atoms with Crippen LogP contribution in [0.15, 0.2) is 60.7 Å². The van der Waals surface area contributed by atoms with Crippen molar-refractivity contribution in [3.05, 3.63) is 88.5 Å². The summed E-state index contributed by atoms with van der Waals surface area (Å²) in [5.41, 5.74) is -24.4. The molecule has 1 unspecified atom stereocenters. The number of hydrogen-bond acceptors (Lipinski definition) is 26. The van der Waals surface area contributed by atoms with Crippen molar-refractivity contribution < 1.29 is 131 Å². The van der Waals surface area contributed by atoms with Crippen LogP contribution in [-0.4, -0.2) is 166 Å². The van der Waals surface area contributed by atoms with Crippen LogP contribution in [0.5, 0.6) is 86.2 Å². The molecule has 0 aliphatic carbocycles. The number of aliphatic hydroxyl groups is 5. The second-order valence-corrected chi connectivity index (χ2v) is 14.4. The van der Waals surface area contributed by atoms with Crippen molar-refractivity contribution in [3.8, 4) is 86.2 Å². The Morgan fingerprint density at radius 3 is 0.925 bits per heavy atom. The average Bonchev–Trinajstić information content (AvgIpc) is 3.28.